The number of benzene rings is 2. The van der Waals surface area contributed by atoms with Gasteiger partial charge in [-0.2, -0.15) is 0 Å². The smallest absolute Gasteiger partial charge is 0.209 e. The van der Waals surface area contributed by atoms with Crippen molar-refractivity contribution in [3.05, 3.63) is 57.6 Å². The summed E-state index contributed by atoms with van der Waals surface area (Å²) in [4.78, 5) is 0. The van der Waals surface area contributed by atoms with Gasteiger partial charge in [0.1, 0.15) is 6.61 Å². The van der Waals surface area contributed by atoms with Crippen molar-refractivity contribution >= 4 is 35.0 Å². The number of tetrazole rings is 1. The Morgan fingerprint density at radius 2 is 1.93 bits per heavy atom. The van der Waals surface area contributed by atoms with E-state index in [-0.39, 0.29) is 0 Å². The van der Waals surface area contributed by atoms with E-state index in [4.69, 9.17) is 32.7 Å². The first-order valence-corrected chi connectivity index (χ1v) is 10.6. The second-order valence-corrected chi connectivity index (χ2v) is 8.04. The van der Waals surface area contributed by atoms with Crippen LogP contribution in [0.15, 0.2) is 41.6 Å². The summed E-state index contributed by atoms with van der Waals surface area (Å²) in [6.07, 6.45) is 0. The molecule has 29 heavy (non-hydrogen) atoms. The molecule has 0 bridgehead atoms. The summed E-state index contributed by atoms with van der Waals surface area (Å²) in [5.74, 6) is 1.97. The van der Waals surface area contributed by atoms with Crippen LogP contribution in [0.25, 0.3) is 0 Å². The van der Waals surface area contributed by atoms with Crippen molar-refractivity contribution in [2.24, 2.45) is 7.05 Å². The minimum absolute atomic E-state index is 0.374. The lowest BCUT2D eigenvalue weighted by Gasteiger charge is -2.15. The Kier molecular flexibility index (Phi) is 8.00. The fourth-order valence-electron chi connectivity index (χ4n) is 2.54. The third-order valence-electron chi connectivity index (χ3n) is 4.01. The molecule has 0 spiro atoms. The maximum absolute atomic E-state index is 6.45. The van der Waals surface area contributed by atoms with Gasteiger partial charge in [-0.25, -0.2) is 4.68 Å². The SMILES string of the molecule is COc1cc(CNCCSc2nnnn2C)cc(Cl)c1OCc1ccc(Cl)cc1. The van der Waals surface area contributed by atoms with E-state index in [1.54, 1.807) is 23.6 Å². The molecule has 0 unspecified atom stereocenters. The van der Waals surface area contributed by atoms with E-state index in [0.29, 0.717) is 34.7 Å². The Labute approximate surface area is 183 Å². The summed E-state index contributed by atoms with van der Waals surface area (Å²) in [6.45, 7) is 1.83. The van der Waals surface area contributed by atoms with Crippen LogP contribution in [-0.2, 0) is 20.2 Å². The number of nitrogens with zero attached hydrogens (tertiary/aromatic N) is 4. The molecule has 3 aromatic rings. The lowest BCUT2D eigenvalue weighted by molar-refractivity contribution is 0.284. The van der Waals surface area contributed by atoms with Crippen LogP contribution in [0.2, 0.25) is 10.0 Å². The van der Waals surface area contributed by atoms with Gasteiger partial charge in [0.25, 0.3) is 0 Å². The van der Waals surface area contributed by atoms with Gasteiger partial charge in [0.15, 0.2) is 11.5 Å². The van der Waals surface area contributed by atoms with E-state index < -0.39 is 0 Å². The van der Waals surface area contributed by atoms with Crippen LogP contribution in [0, 0.1) is 0 Å². The van der Waals surface area contributed by atoms with E-state index >= 15 is 0 Å². The predicted octanol–water partition coefficient (Wildman–Crippen LogP) is 3.99. The van der Waals surface area contributed by atoms with Crippen molar-refractivity contribution in [3.63, 3.8) is 0 Å². The van der Waals surface area contributed by atoms with E-state index in [9.17, 15) is 0 Å². The number of halogens is 2. The van der Waals surface area contributed by atoms with E-state index in [2.05, 4.69) is 20.8 Å². The molecule has 0 aliphatic rings. The van der Waals surface area contributed by atoms with Crippen molar-refractivity contribution < 1.29 is 9.47 Å². The van der Waals surface area contributed by atoms with Crippen molar-refractivity contribution in [2.45, 2.75) is 18.3 Å². The van der Waals surface area contributed by atoms with Gasteiger partial charge >= 0.3 is 0 Å². The maximum atomic E-state index is 6.45. The molecule has 7 nitrogen and oxygen atoms in total. The molecule has 0 saturated carbocycles. The molecule has 2 aromatic carbocycles. The van der Waals surface area contributed by atoms with Gasteiger partial charge in [-0.1, -0.05) is 47.1 Å². The Morgan fingerprint density at radius 1 is 1.14 bits per heavy atom. The first-order valence-electron chi connectivity index (χ1n) is 8.86. The number of thioether (sulfide) groups is 1. The number of hydrogen-bond donors (Lipinski definition) is 1. The standard InChI is InChI=1S/C19H21Cl2N5O2S/c1-26-19(23-24-25-26)29-8-7-22-11-14-9-16(21)18(17(10-14)27-2)28-12-13-3-5-15(20)6-4-13/h3-6,9-10,22H,7-8,11-12H2,1-2H3. The molecule has 1 N–H and O–H groups in total. The maximum Gasteiger partial charge on any atom is 0.209 e. The van der Waals surface area contributed by atoms with Crippen LogP contribution in [-0.4, -0.2) is 39.6 Å². The van der Waals surface area contributed by atoms with E-state index in [1.165, 1.54) is 0 Å². The second kappa shape index (κ2) is 10.7. The summed E-state index contributed by atoms with van der Waals surface area (Å²) in [5, 5.41) is 16.7. The fraction of sp³-hybridized carbons (Fsp3) is 0.316. The van der Waals surface area contributed by atoms with Crippen LogP contribution < -0.4 is 14.8 Å². The van der Waals surface area contributed by atoms with Gasteiger partial charge < -0.3 is 14.8 Å². The van der Waals surface area contributed by atoms with Crippen LogP contribution in [0.5, 0.6) is 11.5 Å². The van der Waals surface area contributed by atoms with Gasteiger partial charge in [-0.3, -0.25) is 0 Å². The molecule has 1 heterocycles. The first-order chi connectivity index (χ1) is 14.1. The molecule has 0 amide bonds. The fourth-order valence-corrected chi connectivity index (χ4v) is 3.70. The first kappa shape index (κ1) is 21.7. The molecule has 0 atom stereocenters. The number of methoxy groups -OCH3 is 1. The third kappa shape index (κ3) is 6.24. The quantitative estimate of drug-likeness (QED) is 0.367. The zero-order valence-corrected chi connectivity index (χ0v) is 18.4. The lowest BCUT2D eigenvalue weighted by Crippen LogP contribution is -2.17. The monoisotopic (exact) mass is 453 g/mol. The Bertz CT molecular complexity index is 937. The summed E-state index contributed by atoms with van der Waals surface area (Å²) in [7, 11) is 3.42. The third-order valence-corrected chi connectivity index (χ3v) is 5.55. The van der Waals surface area contributed by atoms with Gasteiger partial charge in [0.05, 0.1) is 12.1 Å². The average Bonchev–Trinajstić information content (AvgIpc) is 3.12. The van der Waals surface area contributed by atoms with E-state index in [0.717, 1.165) is 28.6 Å². The number of nitrogens with one attached hydrogen (secondary N) is 1. The largest absolute Gasteiger partial charge is 0.493 e. The normalized spacial score (nSPS) is 10.9. The molecule has 0 fully saturated rings. The molecule has 10 heteroatoms. The van der Waals surface area contributed by atoms with Gasteiger partial charge in [-0.15, -0.1) is 5.10 Å². The topological polar surface area (TPSA) is 74.1 Å². The van der Waals surface area contributed by atoms with Crippen LogP contribution in [0.4, 0.5) is 0 Å². The predicted molar refractivity (Wildman–Crippen MR) is 115 cm³/mol. The molecule has 1 aromatic heterocycles. The van der Waals surface area contributed by atoms with Crippen molar-refractivity contribution in [2.75, 3.05) is 19.4 Å². The number of aryl methyl sites for hydroxylation is 1. The highest BCUT2D eigenvalue weighted by Gasteiger charge is 2.12. The number of hydrogen-bond acceptors (Lipinski definition) is 7. The minimum Gasteiger partial charge on any atom is -0.493 e. The summed E-state index contributed by atoms with van der Waals surface area (Å²) < 4.78 is 13.0. The summed E-state index contributed by atoms with van der Waals surface area (Å²) in [6, 6.07) is 11.3. The van der Waals surface area contributed by atoms with Gasteiger partial charge in [0, 0.05) is 30.9 Å². The number of rotatable bonds is 10. The van der Waals surface area contributed by atoms with Crippen molar-refractivity contribution in [1.29, 1.82) is 0 Å². The highest BCUT2D eigenvalue weighted by Crippen LogP contribution is 2.37. The lowest BCUT2D eigenvalue weighted by atomic mass is 10.2. The molecule has 3 rings (SSSR count). The average molecular weight is 454 g/mol. The zero-order valence-electron chi connectivity index (χ0n) is 16.1. The molecular formula is C19H21Cl2N5O2S. The van der Waals surface area contributed by atoms with Crippen LogP contribution in [0.1, 0.15) is 11.1 Å². The van der Waals surface area contributed by atoms with Crippen LogP contribution in [0.3, 0.4) is 0 Å². The number of ether oxygens (including phenoxy) is 2. The van der Waals surface area contributed by atoms with Gasteiger partial charge in [-0.05, 0) is 45.8 Å². The molecule has 0 aliphatic carbocycles. The zero-order chi connectivity index (χ0) is 20.6. The Balaban J connectivity index is 1.53. The summed E-state index contributed by atoms with van der Waals surface area (Å²) in [5.41, 5.74) is 2.00. The molecule has 0 radical (unpaired) electrons. The minimum atomic E-state index is 0.374. The molecule has 0 saturated heterocycles. The second-order valence-electron chi connectivity index (χ2n) is 6.13. The Morgan fingerprint density at radius 3 is 2.62 bits per heavy atom. The Hall–Kier alpha value is -2.00. The van der Waals surface area contributed by atoms with Crippen LogP contribution >= 0.6 is 35.0 Å². The molecule has 0 aliphatic heterocycles. The van der Waals surface area contributed by atoms with Crippen molar-refractivity contribution in [3.8, 4) is 11.5 Å². The van der Waals surface area contributed by atoms with Gasteiger partial charge in [0.2, 0.25) is 5.16 Å². The molecular weight excluding hydrogens is 433 g/mol. The highest BCUT2D eigenvalue weighted by atomic mass is 35.5. The highest BCUT2D eigenvalue weighted by molar-refractivity contribution is 7.99. The van der Waals surface area contributed by atoms with Crippen molar-refractivity contribution in [1.82, 2.24) is 25.5 Å². The summed E-state index contributed by atoms with van der Waals surface area (Å²) >= 11 is 14.0. The number of aromatic nitrogens is 4. The van der Waals surface area contributed by atoms with E-state index in [1.807, 2.05) is 43.4 Å². The molecule has 154 valence electrons.